The molecule has 30 heavy (non-hydrogen) atoms. The van der Waals surface area contributed by atoms with E-state index >= 15 is 0 Å². The van der Waals surface area contributed by atoms with Gasteiger partial charge in [0, 0.05) is 6.42 Å². The molecule has 4 rings (SSSR count). The zero-order valence-corrected chi connectivity index (χ0v) is 17.4. The number of aryl methyl sites for hydroxylation is 1. The summed E-state index contributed by atoms with van der Waals surface area (Å²) in [5.74, 6) is -0.637. The van der Waals surface area contributed by atoms with Crippen LogP contribution in [0.15, 0.2) is 66.3 Å². The molecular weight excluding hydrogens is 379 g/mol. The number of ether oxygens (including phenoxy) is 1. The molecule has 2 aromatic carbocycles. The highest BCUT2D eigenvalue weighted by molar-refractivity contribution is 5.86. The Balaban J connectivity index is 1.86. The number of hydrogen-bond acceptors (Lipinski definition) is 3. The summed E-state index contributed by atoms with van der Waals surface area (Å²) in [5.41, 5.74) is 5.43. The summed E-state index contributed by atoms with van der Waals surface area (Å²) in [6.45, 7) is 4.42. The number of carbonyl (C=O) groups is 1. The third-order valence-electron chi connectivity index (χ3n) is 6.10. The van der Waals surface area contributed by atoms with Crippen molar-refractivity contribution in [2.45, 2.75) is 51.7 Å². The summed E-state index contributed by atoms with van der Waals surface area (Å²) >= 11 is 0. The Morgan fingerprint density at radius 3 is 2.60 bits per heavy atom. The lowest BCUT2D eigenvalue weighted by Crippen LogP contribution is -2.31. The minimum atomic E-state index is -0.672. The molecule has 1 fully saturated rings. The third-order valence-corrected chi connectivity index (χ3v) is 6.10. The fraction of sp³-hybridized carbons (Fsp3) is 0.346. The quantitative estimate of drug-likeness (QED) is 0.711. The summed E-state index contributed by atoms with van der Waals surface area (Å²) in [4.78, 5) is 11.7. The first-order valence-corrected chi connectivity index (χ1v) is 10.5. The number of benzene rings is 2. The molecule has 2 atom stereocenters. The van der Waals surface area contributed by atoms with Crippen molar-refractivity contribution in [1.29, 1.82) is 0 Å². The van der Waals surface area contributed by atoms with Crippen molar-refractivity contribution < 1.29 is 19.0 Å². The lowest BCUT2D eigenvalue weighted by atomic mass is 9.77. The van der Waals surface area contributed by atoms with Crippen molar-refractivity contribution in [3.05, 3.63) is 88.8 Å². The average molecular weight is 406 g/mol. The maximum atomic E-state index is 13.6. The second-order valence-corrected chi connectivity index (χ2v) is 8.82. The van der Waals surface area contributed by atoms with Crippen LogP contribution < -0.4 is 0 Å². The Labute approximate surface area is 176 Å². The lowest BCUT2D eigenvalue weighted by molar-refractivity contribution is -0.156. The van der Waals surface area contributed by atoms with E-state index in [4.69, 9.17) is 4.74 Å². The Kier molecular flexibility index (Phi) is 5.61. The molecule has 156 valence electrons. The molecule has 2 aromatic rings. The summed E-state index contributed by atoms with van der Waals surface area (Å²) in [6.07, 6.45) is 5.16. The predicted molar refractivity (Wildman–Crippen MR) is 115 cm³/mol. The van der Waals surface area contributed by atoms with Crippen LogP contribution in [0.1, 0.15) is 49.8 Å². The van der Waals surface area contributed by atoms with Gasteiger partial charge in [-0.25, -0.2) is 4.39 Å². The van der Waals surface area contributed by atoms with Gasteiger partial charge in [0.25, 0.3) is 0 Å². The molecule has 4 heteroatoms. The smallest absolute Gasteiger partial charge is 0.309 e. The van der Waals surface area contributed by atoms with E-state index in [2.05, 4.69) is 32.0 Å². The molecule has 1 N–H and O–H groups in total. The molecule has 1 aliphatic heterocycles. The van der Waals surface area contributed by atoms with Gasteiger partial charge in [-0.1, -0.05) is 56.3 Å². The molecular formula is C26H27FO3. The second kappa shape index (κ2) is 8.19. The normalized spacial score (nSPS) is 23.8. The number of rotatable bonds is 3. The van der Waals surface area contributed by atoms with Crippen LogP contribution in [0.2, 0.25) is 0 Å². The molecule has 0 spiro atoms. The minimum absolute atomic E-state index is 0.0483. The van der Waals surface area contributed by atoms with Gasteiger partial charge in [-0.3, -0.25) is 4.79 Å². The zero-order valence-electron chi connectivity index (χ0n) is 17.4. The Bertz CT molecular complexity index is 1000. The van der Waals surface area contributed by atoms with Crippen molar-refractivity contribution in [1.82, 2.24) is 0 Å². The monoisotopic (exact) mass is 406 g/mol. The average Bonchev–Trinajstić information content (AvgIpc) is 2.81. The third kappa shape index (κ3) is 4.24. The largest absolute Gasteiger partial charge is 0.458 e. The molecule has 1 saturated heterocycles. The fourth-order valence-electron chi connectivity index (χ4n) is 4.41. The van der Waals surface area contributed by atoms with Crippen LogP contribution in [0.3, 0.4) is 0 Å². The van der Waals surface area contributed by atoms with Gasteiger partial charge in [-0.05, 0) is 64.3 Å². The number of esters is 1. The van der Waals surface area contributed by atoms with Gasteiger partial charge in [0.2, 0.25) is 0 Å². The standard InChI is InChI=1S/C26H27FO3/c1-26(2)14-13-17-5-3-4-6-22(17)25(18-7-9-19(27)10-8-18)23(26)12-11-21-15-20(28)16-24(29)30-21/h3-12,20-21,28H,13-16H2,1-2H3/b12-11+/t20-,21-/m1/s1. The number of carbonyl (C=O) groups excluding carboxylic acids is 1. The van der Waals surface area contributed by atoms with E-state index in [0.717, 1.165) is 35.1 Å². The van der Waals surface area contributed by atoms with E-state index in [1.165, 1.54) is 17.7 Å². The van der Waals surface area contributed by atoms with E-state index in [1.54, 1.807) is 0 Å². The van der Waals surface area contributed by atoms with Crippen LogP contribution in [-0.2, 0) is 16.0 Å². The van der Waals surface area contributed by atoms with Crippen LogP contribution in [0.5, 0.6) is 0 Å². The zero-order chi connectivity index (χ0) is 21.3. The first kappa shape index (κ1) is 20.5. The summed E-state index contributed by atoms with van der Waals surface area (Å²) in [7, 11) is 0. The highest BCUT2D eigenvalue weighted by atomic mass is 19.1. The van der Waals surface area contributed by atoms with Crippen LogP contribution >= 0.6 is 0 Å². The molecule has 0 bridgehead atoms. The van der Waals surface area contributed by atoms with Gasteiger partial charge in [-0.15, -0.1) is 0 Å². The molecule has 0 radical (unpaired) electrons. The van der Waals surface area contributed by atoms with E-state index in [-0.39, 0.29) is 23.6 Å². The lowest BCUT2D eigenvalue weighted by Gasteiger charge is -2.28. The summed E-state index contributed by atoms with van der Waals surface area (Å²) in [6, 6.07) is 15.0. The topological polar surface area (TPSA) is 46.5 Å². The van der Waals surface area contributed by atoms with Crippen molar-refractivity contribution in [2.24, 2.45) is 5.41 Å². The Morgan fingerprint density at radius 2 is 1.87 bits per heavy atom. The first-order valence-electron chi connectivity index (χ1n) is 10.5. The predicted octanol–water partition coefficient (Wildman–Crippen LogP) is 5.22. The van der Waals surface area contributed by atoms with Crippen molar-refractivity contribution in [2.75, 3.05) is 0 Å². The number of hydrogen-bond donors (Lipinski definition) is 1. The number of cyclic esters (lactones) is 1. The van der Waals surface area contributed by atoms with Crippen LogP contribution in [0, 0.1) is 11.2 Å². The van der Waals surface area contributed by atoms with Gasteiger partial charge in [0.1, 0.15) is 11.9 Å². The maximum Gasteiger partial charge on any atom is 0.309 e. The van der Waals surface area contributed by atoms with Crippen molar-refractivity contribution >= 4 is 11.5 Å². The number of halogens is 1. The Morgan fingerprint density at radius 1 is 1.13 bits per heavy atom. The van der Waals surface area contributed by atoms with Gasteiger partial charge < -0.3 is 9.84 Å². The van der Waals surface area contributed by atoms with Gasteiger partial charge in [0.15, 0.2) is 0 Å². The number of fused-ring (bicyclic) bond motifs is 1. The van der Waals surface area contributed by atoms with Crippen molar-refractivity contribution in [3.8, 4) is 0 Å². The molecule has 0 aromatic heterocycles. The molecule has 3 nitrogen and oxygen atoms in total. The SMILES string of the molecule is CC1(C)CCc2ccccc2C(c2ccc(F)cc2)=C1/C=C/[C@@H]1C[C@@H](O)CC(=O)O1. The molecule has 0 amide bonds. The molecule has 0 unspecified atom stereocenters. The number of aliphatic hydroxyl groups excluding tert-OH is 1. The van der Waals surface area contributed by atoms with Gasteiger partial charge in [-0.2, -0.15) is 0 Å². The highest BCUT2D eigenvalue weighted by Gasteiger charge is 2.31. The maximum absolute atomic E-state index is 13.6. The number of aliphatic hydroxyl groups is 1. The van der Waals surface area contributed by atoms with Gasteiger partial charge >= 0.3 is 5.97 Å². The van der Waals surface area contributed by atoms with E-state index in [0.29, 0.717) is 6.42 Å². The van der Waals surface area contributed by atoms with Crippen LogP contribution in [0.4, 0.5) is 4.39 Å². The van der Waals surface area contributed by atoms with E-state index < -0.39 is 12.2 Å². The molecule has 1 aliphatic carbocycles. The molecule has 0 saturated carbocycles. The second-order valence-electron chi connectivity index (χ2n) is 8.82. The molecule has 2 aliphatic rings. The summed E-state index contributed by atoms with van der Waals surface area (Å²) < 4.78 is 19.1. The van der Waals surface area contributed by atoms with Crippen LogP contribution in [-0.4, -0.2) is 23.3 Å². The van der Waals surface area contributed by atoms with E-state index in [1.807, 2.05) is 30.4 Å². The first-order chi connectivity index (χ1) is 14.3. The molecule has 1 heterocycles. The fourth-order valence-corrected chi connectivity index (χ4v) is 4.41. The summed E-state index contributed by atoms with van der Waals surface area (Å²) in [5, 5.41) is 9.94. The Hall–Kier alpha value is -2.72. The van der Waals surface area contributed by atoms with Crippen molar-refractivity contribution in [3.63, 3.8) is 0 Å². The van der Waals surface area contributed by atoms with E-state index in [9.17, 15) is 14.3 Å². The number of allylic oxidation sites excluding steroid dienone is 2. The highest BCUT2D eigenvalue weighted by Crippen LogP contribution is 2.44. The minimum Gasteiger partial charge on any atom is -0.458 e. The van der Waals surface area contributed by atoms with Gasteiger partial charge in [0.05, 0.1) is 12.5 Å². The van der Waals surface area contributed by atoms with Crippen LogP contribution in [0.25, 0.3) is 5.57 Å².